The van der Waals surface area contributed by atoms with E-state index in [1.807, 2.05) is 0 Å². The smallest absolute Gasteiger partial charge is 0.491 e. The Labute approximate surface area is 195 Å². The van der Waals surface area contributed by atoms with Crippen LogP contribution in [0.2, 0.25) is 0 Å². The molecular weight excluding hydrogens is 474 g/mol. The Hall–Kier alpha value is -4.22. The molecule has 0 saturated carbocycles. The molecule has 3 heterocycles. The number of hydrogen-bond donors (Lipinski definition) is 2. The number of rotatable bonds is 5. The van der Waals surface area contributed by atoms with Gasteiger partial charge in [0.15, 0.2) is 11.6 Å². The van der Waals surface area contributed by atoms with Crippen LogP contribution in [0.3, 0.4) is 0 Å². The van der Waals surface area contributed by atoms with E-state index in [0.717, 1.165) is 18.3 Å². The number of carboxylic acids is 1. The second-order valence-corrected chi connectivity index (χ2v) is 7.69. The van der Waals surface area contributed by atoms with E-state index in [0.29, 0.717) is 5.75 Å². The summed E-state index contributed by atoms with van der Waals surface area (Å²) in [6, 6.07) is 7.30. The van der Waals surface area contributed by atoms with Crippen molar-refractivity contribution in [2.75, 3.05) is 6.61 Å². The van der Waals surface area contributed by atoms with Crippen LogP contribution in [0.25, 0.3) is 0 Å². The standard InChI is InChI=1S/C23H17F4N3O5/c1-12-9-16(29-11-14(12)21(32)33)20(31)30-22(6-8-34-18-3-2-7-28-19(18)22)13-4-5-17(15(24)10-13)35-23(25,26)27/h2-5,7,9-11H,6,8H2,1H3,(H,30,31)(H,32,33)/t22-/m0/s1. The number of aromatic carboxylic acids is 1. The fourth-order valence-corrected chi connectivity index (χ4v) is 3.87. The molecule has 0 radical (unpaired) electrons. The number of pyridine rings is 2. The molecule has 8 nitrogen and oxygen atoms in total. The third-order valence-corrected chi connectivity index (χ3v) is 5.46. The molecule has 3 aromatic rings. The minimum atomic E-state index is -5.09. The van der Waals surface area contributed by atoms with Gasteiger partial charge in [0, 0.05) is 18.8 Å². The number of nitrogens with one attached hydrogen (secondary N) is 1. The monoisotopic (exact) mass is 491 g/mol. The van der Waals surface area contributed by atoms with Crippen LogP contribution in [-0.2, 0) is 5.54 Å². The minimum absolute atomic E-state index is 0.0634. The van der Waals surface area contributed by atoms with Gasteiger partial charge in [0.05, 0.1) is 12.2 Å². The lowest BCUT2D eigenvalue weighted by Gasteiger charge is -2.39. The number of halogens is 4. The number of aromatic nitrogens is 2. The maximum Gasteiger partial charge on any atom is 0.573 e. The van der Waals surface area contributed by atoms with Crippen LogP contribution in [0.1, 0.15) is 44.1 Å². The number of carbonyl (C=O) groups is 2. The quantitative estimate of drug-likeness (QED) is 0.520. The van der Waals surface area contributed by atoms with Gasteiger partial charge in [-0.25, -0.2) is 9.18 Å². The summed E-state index contributed by atoms with van der Waals surface area (Å²) in [5.74, 6) is -3.98. The molecule has 35 heavy (non-hydrogen) atoms. The summed E-state index contributed by atoms with van der Waals surface area (Å²) in [6.45, 7) is 1.57. The van der Waals surface area contributed by atoms with Crippen LogP contribution < -0.4 is 14.8 Å². The van der Waals surface area contributed by atoms with Gasteiger partial charge in [-0.3, -0.25) is 14.8 Å². The molecule has 0 aliphatic carbocycles. The fourth-order valence-electron chi connectivity index (χ4n) is 3.87. The number of benzene rings is 1. The van der Waals surface area contributed by atoms with Crippen LogP contribution in [0, 0.1) is 12.7 Å². The van der Waals surface area contributed by atoms with Gasteiger partial charge in [0.25, 0.3) is 5.91 Å². The lowest BCUT2D eigenvalue weighted by molar-refractivity contribution is -0.275. The SMILES string of the molecule is Cc1cc(C(=O)N[C@]2(c3ccc(OC(F)(F)F)c(F)c3)CCOc3cccnc32)ncc1C(=O)O. The van der Waals surface area contributed by atoms with Crippen molar-refractivity contribution in [2.24, 2.45) is 0 Å². The highest BCUT2D eigenvalue weighted by Crippen LogP contribution is 2.42. The van der Waals surface area contributed by atoms with Crippen LogP contribution >= 0.6 is 0 Å². The van der Waals surface area contributed by atoms with Crippen molar-refractivity contribution in [3.05, 3.63) is 82.7 Å². The molecule has 0 saturated heterocycles. The first-order chi connectivity index (χ1) is 16.5. The summed E-state index contributed by atoms with van der Waals surface area (Å²) < 4.78 is 61.8. The highest BCUT2D eigenvalue weighted by atomic mass is 19.4. The van der Waals surface area contributed by atoms with Crippen LogP contribution in [-0.4, -0.2) is 39.9 Å². The number of nitrogens with zero attached hydrogens (tertiary/aromatic N) is 2. The van der Waals surface area contributed by atoms with Crippen molar-refractivity contribution in [2.45, 2.75) is 25.2 Å². The first-order valence-electron chi connectivity index (χ1n) is 10.2. The van der Waals surface area contributed by atoms with Gasteiger partial charge in [0.2, 0.25) is 0 Å². The Morgan fingerprint density at radius 1 is 1.20 bits per heavy atom. The van der Waals surface area contributed by atoms with Crippen LogP contribution in [0.5, 0.6) is 11.5 Å². The number of hydrogen-bond acceptors (Lipinski definition) is 6. The molecule has 0 spiro atoms. The van der Waals surface area contributed by atoms with Crippen molar-refractivity contribution in [1.29, 1.82) is 0 Å². The van der Waals surface area contributed by atoms with Gasteiger partial charge in [-0.1, -0.05) is 6.07 Å². The predicted octanol–water partition coefficient (Wildman–Crippen LogP) is 3.98. The van der Waals surface area contributed by atoms with E-state index in [1.165, 1.54) is 25.3 Å². The first-order valence-corrected chi connectivity index (χ1v) is 10.2. The van der Waals surface area contributed by atoms with E-state index < -0.39 is 35.3 Å². The van der Waals surface area contributed by atoms with E-state index in [4.69, 9.17) is 4.74 Å². The van der Waals surface area contributed by atoms with Gasteiger partial charge in [0.1, 0.15) is 22.7 Å². The van der Waals surface area contributed by atoms with E-state index >= 15 is 0 Å². The van der Waals surface area contributed by atoms with Gasteiger partial charge >= 0.3 is 12.3 Å². The maximum absolute atomic E-state index is 14.7. The second-order valence-electron chi connectivity index (χ2n) is 7.69. The summed E-state index contributed by atoms with van der Waals surface area (Å²) in [5, 5.41) is 12.0. The largest absolute Gasteiger partial charge is 0.573 e. The number of amides is 1. The zero-order valence-electron chi connectivity index (χ0n) is 18.0. The Balaban J connectivity index is 1.79. The fraction of sp³-hybridized carbons (Fsp3) is 0.217. The molecule has 1 atom stereocenters. The number of alkyl halides is 3. The maximum atomic E-state index is 14.7. The van der Waals surface area contributed by atoms with Gasteiger partial charge in [-0.15, -0.1) is 13.2 Å². The molecule has 4 rings (SSSR count). The second kappa shape index (κ2) is 8.85. The van der Waals surface area contributed by atoms with E-state index in [2.05, 4.69) is 20.0 Å². The Kier molecular flexibility index (Phi) is 6.05. The molecule has 0 fully saturated rings. The van der Waals surface area contributed by atoms with Gasteiger partial charge < -0.3 is 19.9 Å². The number of ether oxygens (including phenoxy) is 2. The first kappa shape index (κ1) is 23.9. The van der Waals surface area contributed by atoms with Crippen LogP contribution in [0.4, 0.5) is 17.6 Å². The summed E-state index contributed by atoms with van der Waals surface area (Å²) in [6.07, 6.45) is -2.56. The lowest BCUT2D eigenvalue weighted by Crippen LogP contribution is -2.50. The minimum Gasteiger partial charge on any atom is -0.491 e. The van der Waals surface area contributed by atoms with Crippen LogP contribution in [0.15, 0.2) is 48.8 Å². The molecule has 0 unspecified atom stereocenters. The molecule has 0 bridgehead atoms. The molecule has 12 heteroatoms. The molecule has 2 N–H and O–H groups in total. The van der Waals surface area contributed by atoms with Crippen molar-refractivity contribution in [3.63, 3.8) is 0 Å². The normalized spacial score (nSPS) is 17.2. The molecule has 182 valence electrons. The average molecular weight is 491 g/mol. The molecule has 2 aromatic heterocycles. The van der Waals surface area contributed by atoms with Gasteiger partial charge in [-0.2, -0.15) is 0 Å². The Morgan fingerprint density at radius 2 is 1.97 bits per heavy atom. The Morgan fingerprint density at radius 3 is 2.63 bits per heavy atom. The topological polar surface area (TPSA) is 111 Å². The average Bonchev–Trinajstić information content (AvgIpc) is 2.79. The number of aryl methyl sites for hydroxylation is 1. The number of carbonyl (C=O) groups excluding carboxylic acids is 1. The summed E-state index contributed by atoms with van der Waals surface area (Å²) in [5.41, 5.74) is -1.10. The number of carboxylic acid groups (broad SMARTS) is 1. The zero-order chi connectivity index (χ0) is 25.4. The van der Waals surface area contributed by atoms with Crippen molar-refractivity contribution in [1.82, 2.24) is 15.3 Å². The third kappa shape index (κ3) is 4.72. The predicted molar refractivity (Wildman–Crippen MR) is 112 cm³/mol. The highest BCUT2D eigenvalue weighted by molar-refractivity contribution is 5.95. The summed E-state index contributed by atoms with van der Waals surface area (Å²) in [4.78, 5) is 32.7. The molecule has 1 aliphatic heterocycles. The van der Waals surface area contributed by atoms with E-state index in [9.17, 15) is 32.3 Å². The molecule has 1 amide bonds. The molecular formula is C23H17F4N3O5. The third-order valence-electron chi connectivity index (χ3n) is 5.46. The van der Waals surface area contributed by atoms with Crippen molar-refractivity contribution in [3.8, 4) is 11.5 Å². The van der Waals surface area contributed by atoms with Crippen molar-refractivity contribution < 1.29 is 41.7 Å². The number of fused-ring (bicyclic) bond motifs is 1. The van der Waals surface area contributed by atoms with Crippen molar-refractivity contribution >= 4 is 11.9 Å². The molecule has 1 aliphatic rings. The summed E-state index contributed by atoms with van der Waals surface area (Å²) in [7, 11) is 0. The van der Waals surface area contributed by atoms with Gasteiger partial charge in [-0.05, 0) is 48.4 Å². The highest BCUT2D eigenvalue weighted by Gasteiger charge is 2.43. The Bertz CT molecular complexity index is 1310. The van der Waals surface area contributed by atoms with E-state index in [-0.39, 0.29) is 41.1 Å². The summed E-state index contributed by atoms with van der Waals surface area (Å²) >= 11 is 0. The lowest BCUT2D eigenvalue weighted by atomic mass is 9.81. The zero-order valence-corrected chi connectivity index (χ0v) is 18.0. The van der Waals surface area contributed by atoms with E-state index in [1.54, 1.807) is 12.1 Å². The molecule has 1 aromatic carbocycles.